The molecule has 5 rings (SSSR count). The predicted molar refractivity (Wildman–Crippen MR) is 269 cm³/mol. The van der Waals surface area contributed by atoms with Crippen LogP contribution in [-0.2, 0) is 43.0 Å². The number of carboxylic acid groups (broad SMARTS) is 2. The van der Waals surface area contributed by atoms with Crippen LogP contribution in [-0.4, -0.2) is 35.2 Å². The van der Waals surface area contributed by atoms with Gasteiger partial charge in [0.1, 0.15) is 0 Å². The van der Waals surface area contributed by atoms with Crippen molar-refractivity contribution in [2.45, 2.75) is 151 Å². The van der Waals surface area contributed by atoms with Crippen molar-refractivity contribution in [2.24, 2.45) is 0 Å². The zero-order valence-corrected chi connectivity index (χ0v) is 42.3. The number of ether oxygens (including phenoxy) is 1. The van der Waals surface area contributed by atoms with Crippen LogP contribution in [0.3, 0.4) is 0 Å². The molecule has 0 aromatic heterocycles. The molecule has 4 N–H and O–H groups in total. The van der Waals surface area contributed by atoms with Gasteiger partial charge in [0, 0.05) is 5.69 Å². The number of aryl methyl sites for hydroxylation is 2. The number of nitrogens with two attached hydrogens (primary N) is 1. The number of carboxylic acids is 2. The van der Waals surface area contributed by atoms with Crippen LogP contribution in [0.25, 0.3) is 0 Å². The molecular formula is C57H79NO6. The molecule has 0 heterocycles. The van der Waals surface area contributed by atoms with Crippen molar-refractivity contribution in [3.8, 4) is 0 Å². The molecule has 0 saturated heterocycles. The summed E-state index contributed by atoms with van der Waals surface area (Å²) in [6.07, 6.45) is 0.348. The first kappa shape index (κ1) is 56.3. The van der Waals surface area contributed by atoms with Crippen LogP contribution in [0.1, 0.15) is 169 Å². The number of esters is 1. The van der Waals surface area contributed by atoms with Crippen LogP contribution >= 0.6 is 0 Å². The summed E-state index contributed by atoms with van der Waals surface area (Å²) in [6.45, 7) is 36.4. The third kappa shape index (κ3) is 20.7. The minimum Gasteiger partial charge on any atom is -0.478 e. The lowest BCUT2D eigenvalue weighted by atomic mass is 9.85. The Hall–Kier alpha value is -5.69. The normalized spacial score (nSPS) is 11.4. The van der Waals surface area contributed by atoms with Crippen LogP contribution in [0, 0.1) is 13.8 Å². The van der Waals surface area contributed by atoms with Crippen molar-refractivity contribution in [1.82, 2.24) is 0 Å². The highest BCUT2D eigenvalue weighted by Gasteiger charge is 2.17. The van der Waals surface area contributed by atoms with E-state index in [0.717, 1.165) is 22.4 Å². The third-order valence-electron chi connectivity index (χ3n) is 10.4. The highest BCUT2D eigenvalue weighted by Crippen LogP contribution is 2.26. The Morgan fingerprint density at radius 2 is 0.797 bits per heavy atom. The van der Waals surface area contributed by atoms with E-state index in [1.54, 1.807) is 18.2 Å². The Labute approximate surface area is 386 Å². The van der Waals surface area contributed by atoms with Crippen molar-refractivity contribution in [3.05, 3.63) is 171 Å². The van der Waals surface area contributed by atoms with E-state index in [2.05, 4.69) is 164 Å². The lowest BCUT2D eigenvalue weighted by Gasteiger charge is -2.19. The van der Waals surface area contributed by atoms with E-state index in [-0.39, 0.29) is 33.0 Å². The quantitative estimate of drug-likeness (QED) is 0.121. The summed E-state index contributed by atoms with van der Waals surface area (Å²) < 4.78 is 4.61. The SMILES string of the molecule is CC(C)(C)c1ccc(C(=O)O)cc1.CC(C)(C)c1ccc(N)cc1.COC(=O)Cc1ccc(C(C)(C)C)cc1.Cc1cc(C(C)(C)C)ccc1C(=O)O.Cc1ccc(C(C)(C)C)cc1. The number of hydrogen-bond donors (Lipinski definition) is 3. The van der Waals surface area contributed by atoms with Crippen LogP contribution in [0.2, 0.25) is 0 Å². The van der Waals surface area contributed by atoms with Gasteiger partial charge in [-0.05, 0) is 110 Å². The van der Waals surface area contributed by atoms with E-state index >= 15 is 0 Å². The fourth-order valence-corrected chi connectivity index (χ4v) is 5.88. The summed E-state index contributed by atoms with van der Waals surface area (Å²) in [7, 11) is 1.41. The van der Waals surface area contributed by atoms with Crippen LogP contribution in [0.4, 0.5) is 5.69 Å². The molecule has 0 aliphatic heterocycles. The average molecular weight is 874 g/mol. The van der Waals surface area contributed by atoms with E-state index in [0.29, 0.717) is 17.5 Å². The highest BCUT2D eigenvalue weighted by atomic mass is 16.5. The molecule has 0 unspecified atom stereocenters. The second-order valence-electron chi connectivity index (χ2n) is 21.4. The molecule has 0 spiro atoms. The van der Waals surface area contributed by atoms with Crippen LogP contribution < -0.4 is 5.73 Å². The Balaban J connectivity index is 0.000000402. The average Bonchev–Trinajstić information content (AvgIpc) is 3.17. The first-order chi connectivity index (χ1) is 29.2. The zero-order chi connectivity index (χ0) is 49.4. The van der Waals surface area contributed by atoms with Gasteiger partial charge in [-0.3, -0.25) is 4.79 Å². The molecule has 0 amide bonds. The maximum Gasteiger partial charge on any atom is 0.335 e. The molecule has 64 heavy (non-hydrogen) atoms. The minimum absolute atomic E-state index is 0.0712. The van der Waals surface area contributed by atoms with Crippen molar-refractivity contribution >= 4 is 23.6 Å². The van der Waals surface area contributed by atoms with Gasteiger partial charge in [0.05, 0.1) is 24.7 Å². The van der Waals surface area contributed by atoms with E-state index in [1.165, 1.54) is 34.9 Å². The molecule has 0 bridgehead atoms. The number of nitrogen functional groups attached to an aromatic ring is 1. The van der Waals surface area contributed by atoms with Crippen molar-refractivity contribution in [1.29, 1.82) is 0 Å². The molecule has 5 aromatic rings. The van der Waals surface area contributed by atoms with Gasteiger partial charge in [-0.25, -0.2) is 9.59 Å². The highest BCUT2D eigenvalue weighted by molar-refractivity contribution is 5.89. The minimum atomic E-state index is -0.875. The van der Waals surface area contributed by atoms with Crippen LogP contribution in [0.15, 0.2) is 115 Å². The monoisotopic (exact) mass is 874 g/mol. The standard InChI is InChI=1S/C13H18O2.C12H16O2.C11H14O2.C11H16.C10H15N/c1-13(2,3)11-7-5-10(6-8-11)9-12(14)15-4;1-8-7-9(12(2,3)4)5-6-10(8)11(13)14;1-11(2,3)9-6-4-8(5-7-9)10(12)13;1-9-5-7-10(8-6-9)11(2,3)4;1-10(2,3)8-4-6-9(11)7-5-8/h5-8H,9H2,1-4H3;5-7H,1-4H3,(H,13,14);4-7H,1-3H3,(H,12,13);5-8H,1-4H3;4-7H,11H2,1-3H3. The fraction of sp³-hybridized carbons (Fsp3) is 0.421. The Morgan fingerprint density at radius 1 is 0.469 bits per heavy atom. The van der Waals surface area contributed by atoms with Gasteiger partial charge in [-0.1, -0.05) is 194 Å². The summed E-state index contributed by atoms with van der Waals surface area (Å²) in [4.78, 5) is 32.4. The molecule has 0 saturated carbocycles. The molecular weight excluding hydrogens is 795 g/mol. The lowest BCUT2D eigenvalue weighted by Crippen LogP contribution is -2.12. The first-order valence-electron chi connectivity index (χ1n) is 21.9. The van der Waals surface area contributed by atoms with Gasteiger partial charge in [0.15, 0.2) is 0 Å². The first-order valence-corrected chi connectivity index (χ1v) is 21.9. The Morgan fingerprint density at radius 3 is 1.11 bits per heavy atom. The lowest BCUT2D eigenvalue weighted by molar-refractivity contribution is -0.139. The van der Waals surface area contributed by atoms with Gasteiger partial charge in [-0.15, -0.1) is 0 Å². The number of methoxy groups -OCH3 is 1. The maximum atomic E-state index is 11.0. The summed E-state index contributed by atoms with van der Waals surface area (Å²) in [5.41, 5.74) is 17.4. The maximum absolute atomic E-state index is 11.0. The third-order valence-corrected chi connectivity index (χ3v) is 10.4. The van der Waals surface area contributed by atoms with E-state index in [9.17, 15) is 14.4 Å². The topological polar surface area (TPSA) is 127 Å². The number of hydrogen-bond acceptors (Lipinski definition) is 5. The van der Waals surface area contributed by atoms with E-state index in [4.69, 9.17) is 15.9 Å². The number of carbonyl (C=O) groups excluding carboxylic acids is 1. The molecule has 7 heteroatoms. The molecule has 0 atom stereocenters. The number of anilines is 1. The van der Waals surface area contributed by atoms with E-state index < -0.39 is 11.9 Å². The molecule has 0 radical (unpaired) electrons. The predicted octanol–water partition coefficient (Wildman–Crippen LogP) is 14.2. The smallest absolute Gasteiger partial charge is 0.335 e. The van der Waals surface area contributed by atoms with Crippen molar-refractivity contribution in [3.63, 3.8) is 0 Å². The van der Waals surface area contributed by atoms with Gasteiger partial charge < -0.3 is 20.7 Å². The van der Waals surface area contributed by atoms with Gasteiger partial charge in [0.2, 0.25) is 0 Å². The largest absolute Gasteiger partial charge is 0.478 e. The van der Waals surface area contributed by atoms with Gasteiger partial charge >= 0.3 is 17.9 Å². The molecule has 0 aliphatic rings. The number of rotatable bonds is 4. The summed E-state index contributed by atoms with van der Waals surface area (Å²) in [5, 5.41) is 17.5. The summed E-state index contributed by atoms with van der Waals surface area (Å²) in [6, 6.07) is 37.4. The molecule has 7 nitrogen and oxygen atoms in total. The molecule has 348 valence electrons. The van der Waals surface area contributed by atoms with Gasteiger partial charge in [0.25, 0.3) is 0 Å². The number of benzene rings is 5. The summed E-state index contributed by atoms with van der Waals surface area (Å²) >= 11 is 0. The second kappa shape index (κ2) is 23.8. The van der Waals surface area contributed by atoms with Crippen molar-refractivity contribution in [2.75, 3.05) is 12.8 Å². The van der Waals surface area contributed by atoms with Gasteiger partial charge in [-0.2, -0.15) is 0 Å². The molecule has 5 aromatic carbocycles. The zero-order valence-electron chi connectivity index (χ0n) is 42.3. The number of carbonyl (C=O) groups is 3. The molecule has 0 aliphatic carbocycles. The number of aromatic carboxylic acids is 2. The van der Waals surface area contributed by atoms with Crippen molar-refractivity contribution < 1.29 is 29.3 Å². The van der Waals surface area contributed by atoms with E-state index in [1.807, 2.05) is 55.5 Å². The molecule has 0 fully saturated rings. The van der Waals surface area contributed by atoms with Crippen LogP contribution in [0.5, 0.6) is 0 Å². The Kier molecular flexibility index (Phi) is 21.0. The summed E-state index contributed by atoms with van der Waals surface area (Å²) in [5.74, 6) is -1.93. The Bertz CT molecular complexity index is 2140. The fourth-order valence-electron chi connectivity index (χ4n) is 5.88. The second-order valence-corrected chi connectivity index (χ2v) is 21.4.